The highest BCUT2D eigenvalue weighted by molar-refractivity contribution is 6.09. The van der Waals surface area contributed by atoms with Gasteiger partial charge in [-0.25, -0.2) is 0 Å². The topological polar surface area (TPSA) is 70.1 Å². The third kappa shape index (κ3) is 4.64. The van der Waals surface area contributed by atoms with Gasteiger partial charge in [0.1, 0.15) is 5.75 Å². The molecular weight excluding hydrogens is 368 g/mol. The van der Waals surface area contributed by atoms with Gasteiger partial charge in [-0.15, -0.1) is 0 Å². The first-order valence-corrected chi connectivity index (χ1v) is 10.7. The minimum Gasteiger partial charge on any atom is -0.503 e. The zero-order valence-corrected chi connectivity index (χ0v) is 17.7. The standard InChI is InChI=1S/C23H32N2O4/c1-4-15-29-18-9-7-17(8-10-18)20-19(21(26)16(2)3)22(27)23(28)25(20)14-13-24-11-5-6-12-24/h7-10,16,20,27H,4-6,11-15H2,1-3H3. The molecule has 1 atom stereocenters. The third-order valence-electron chi connectivity index (χ3n) is 5.62. The first-order valence-electron chi connectivity index (χ1n) is 10.7. The van der Waals surface area contributed by atoms with Gasteiger partial charge in [-0.05, 0) is 50.0 Å². The minimum absolute atomic E-state index is 0.184. The third-order valence-corrected chi connectivity index (χ3v) is 5.62. The molecule has 158 valence electrons. The van der Waals surface area contributed by atoms with Crippen LogP contribution in [0.25, 0.3) is 0 Å². The summed E-state index contributed by atoms with van der Waals surface area (Å²) in [4.78, 5) is 29.7. The first kappa shape index (κ1) is 21.4. The SMILES string of the molecule is CCCOc1ccc(C2C(C(=O)C(C)C)=C(O)C(=O)N2CCN2CCCC2)cc1. The lowest BCUT2D eigenvalue weighted by molar-refractivity contribution is -0.129. The lowest BCUT2D eigenvalue weighted by Crippen LogP contribution is -2.38. The van der Waals surface area contributed by atoms with Crippen LogP contribution in [-0.2, 0) is 9.59 Å². The van der Waals surface area contributed by atoms with E-state index >= 15 is 0 Å². The number of Topliss-reactive ketones (excluding diaryl/α,β-unsaturated/α-hetero) is 1. The van der Waals surface area contributed by atoms with Gasteiger partial charge in [0.05, 0.1) is 18.2 Å². The average molecular weight is 401 g/mol. The van der Waals surface area contributed by atoms with Crippen LogP contribution in [0, 0.1) is 5.92 Å². The van der Waals surface area contributed by atoms with E-state index in [1.165, 1.54) is 12.8 Å². The van der Waals surface area contributed by atoms with Crippen molar-refractivity contribution in [2.24, 2.45) is 5.92 Å². The summed E-state index contributed by atoms with van der Waals surface area (Å²) in [5, 5.41) is 10.6. The van der Waals surface area contributed by atoms with Gasteiger partial charge < -0.3 is 19.6 Å². The van der Waals surface area contributed by atoms with Crippen molar-refractivity contribution < 1.29 is 19.4 Å². The second-order valence-electron chi connectivity index (χ2n) is 8.15. The number of ketones is 1. The molecule has 2 heterocycles. The molecule has 29 heavy (non-hydrogen) atoms. The van der Waals surface area contributed by atoms with Crippen molar-refractivity contribution in [3.8, 4) is 5.75 Å². The maximum absolute atomic E-state index is 12.9. The number of carbonyl (C=O) groups is 2. The number of aliphatic hydroxyl groups excluding tert-OH is 1. The minimum atomic E-state index is -0.555. The van der Waals surface area contributed by atoms with Crippen LogP contribution in [0.15, 0.2) is 35.6 Å². The fourth-order valence-corrected chi connectivity index (χ4v) is 4.02. The summed E-state index contributed by atoms with van der Waals surface area (Å²) in [6, 6.07) is 6.94. The molecule has 0 spiro atoms. The molecule has 3 rings (SSSR count). The monoisotopic (exact) mass is 400 g/mol. The highest BCUT2D eigenvalue weighted by Crippen LogP contribution is 2.39. The van der Waals surface area contributed by atoms with Crippen molar-refractivity contribution in [2.75, 3.05) is 32.8 Å². The molecule has 1 saturated heterocycles. The number of aliphatic hydroxyl groups is 1. The molecule has 0 radical (unpaired) electrons. The van der Waals surface area contributed by atoms with E-state index in [9.17, 15) is 14.7 Å². The highest BCUT2D eigenvalue weighted by Gasteiger charge is 2.43. The lowest BCUT2D eigenvalue weighted by atomic mass is 9.91. The Hall–Kier alpha value is -2.34. The molecule has 6 heteroatoms. The van der Waals surface area contributed by atoms with Crippen molar-refractivity contribution in [3.05, 3.63) is 41.2 Å². The van der Waals surface area contributed by atoms with Crippen molar-refractivity contribution in [1.82, 2.24) is 9.80 Å². The predicted octanol–water partition coefficient (Wildman–Crippen LogP) is 3.49. The molecule has 1 amide bonds. The number of likely N-dealkylation sites (tertiary alicyclic amines) is 1. The van der Waals surface area contributed by atoms with E-state index in [4.69, 9.17) is 4.74 Å². The Morgan fingerprint density at radius 1 is 1.17 bits per heavy atom. The Balaban J connectivity index is 1.88. The largest absolute Gasteiger partial charge is 0.503 e. The van der Waals surface area contributed by atoms with Crippen LogP contribution >= 0.6 is 0 Å². The molecule has 0 aromatic heterocycles. The molecule has 1 unspecified atom stereocenters. The van der Waals surface area contributed by atoms with Crippen LogP contribution in [0.5, 0.6) is 5.75 Å². The maximum Gasteiger partial charge on any atom is 0.290 e. The van der Waals surface area contributed by atoms with Crippen molar-refractivity contribution in [3.63, 3.8) is 0 Å². The quantitative estimate of drug-likeness (QED) is 0.687. The molecule has 2 aliphatic heterocycles. The molecule has 1 aromatic rings. The molecule has 1 fully saturated rings. The summed E-state index contributed by atoms with van der Waals surface area (Å²) in [7, 11) is 0. The summed E-state index contributed by atoms with van der Waals surface area (Å²) in [5.41, 5.74) is 1.03. The fraction of sp³-hybridized carbons (Fsp3) is 0.565. The Morgan fingerprint density at radius 3 is 2.41 bits per heavy atom. The molecule has 2 aliphatic rings. The second kappa shape index (κ2) is 9.44. The summed E-state index contributed by atoms with van der Waals surface area (Å²) >= 11 is 0. The zero-order valence-electron chi connectivity index (χ0n) is 17.7. The van der Waals surface area contributed by atoms with E-state index in [1.54, 1.807) is 18.7 Å². The number of hydrogen-bond acceptors (Lipinski definition) is 5. The number of hydrogen-bond donors (Lipinski definition) is 1. The van der Waals surface area contributed by atoms with Crippen molar-refractivity contribution in [2.45, 2.75) is 46.1 Å². The smallest absolute Gasteiger partial charge is 0.290 e. The van der Waals surface area contributed by atoms with Gasteiger partial charge in [0.25, 0.3) is 5.91 Å². The van der Waals surface area contributed by atoms with Crippen LogP contribution in [0.4, 0.5) is 0 Å². The lowest BCUT2D eigenvalue weighted by Gasteiger charge is -2.29. The summed E-state index contributed by atoms with van der Waals surface area (Å²) < 4.78 is 5.65. The fourth-order valence-electron chi connectivity index (χ4n) is 4.02. The molecule has 1 aromatic carbocycles. The maximum atomic E-state index is 12.9. The van der Waals surface area contributed by atoms with Crippen LogP contribution in [0.2, 0.25) is 0 Å². The Kier molecular flexibility index (Phi) is 6.96. The number of rotatable bonds is 9. The van der Waals surface area contributed by atoms with Crippen LogP contribution in [-0.4, -0.2) is 59.4 Å². The number of carbonyl (C=O) groups excluding carboxylic acids is 2. The molecular formula is C23H32N2O4. The summed E-state index contributed by atoms with van der Waals surface area (Å²) in [6.45, 7) is 9.57. The van der Waals surface area contributed by atoms with Crippen molar-refractivity contribution in [1.29, 1.82) is 0 Å². The van der Waals surface area contributed by atoms with E-state index in [0.717, 1.165) is 37.4 Å². The summed E-state index contributed by atoms with van der Waals surface area (Å²) in [5.74, 6) is -0.580. The van der Waals surface area contributed by atoms with E-state index in [0.29, 0.717) is 13.2 Å². The van der Waals surface area contributed by atoms with Crippen LogP contribution < -0.4 is 4.74 Å². The van der Waals surface area contributed by atoms with Gasteiger partial charge in [-0.3, -0.25) is 9.59 Å². The molecule has 0 aliphatic carbocycles. The average Bonchev–Trinajstić information content (AvgIpc) is 3.32. The van der Waals surface area contributed by atoms with E-state index in [1.807, 2.05) is 31.2 Å². The first-order chi connectivity index (χ1) is 13.9. The summed E-state index contributed by atoms with van der Waals surface area (Å²) in [6.07, 6.45) is 3.28. The molecule has 0 bridgehead atoms. The Labute approximate surface area is 173 Å². The molecule has 6 nitrogen and oxygen atoms in total. The van der Waals surface area contributed by atoms with Crippen LogP contribution in [0.1, 0.15) is 51.6 Å². The van der Waals surface area contributed by atoms with Gasteiger partial charge in [0.2, 0.25) is 0 Å². The molecule has 1 N–H and O–H groups in total. The number of nitrogens with zero attached hydrogens (tertiary/aromatic N) is 2. The van der Waals surface area contributed by atoms with Gasteiger partial charge in [0, 0.05) is 19.0 Å². The Morgan fingerprint density at radius 2 is 1.83 bits per heavy atom. The van der Waals surface area contributed by atoms with Gasteiger partial charge in [-0.2, -0.15) is 0 Å². The second-order valence-corrected chi connectivity index (χ2v) is 8.15. The van der Waals surface area contributed by atoms with Gasteiger partial charge in [0.15, 0.2) is 11.5 Å². The normalized spacial score (nSPS) is 20.2. The highest BCUT2D eigenvalue weighted by atomic mass is 16.5. The zero-order chi connectivity index (χ0) is 21.0. The van der Waals surface area contributed by atoms with Crippen molar-refractivity contribution >= 4 is 11.7 Å². The number of ether oxygens (including phenoxy) is 1. The van der Waals surface area contributed by atoms with E-state index < -0.39 is 17.7 Å². The number of amides is 1. The van der Waals surface area contributed by atoms with E-state index in [-0.39, 0.29) is 17.3 Å². The van der Waals surface area contributed by atoms with Gasteiger partial charge in [-0.1, -0.05) is 32.9 Å². The Bertz CT molecular complexity index is 764. The number of benzene rings is 1. The van der Waals surface area contributed by atoms with Crippen LogP contribution in [0.3, 0.4) is 0 Å². The molecule has 0 saturated carbocycles. The predicted molar refractivity (Wildman–Crippen MR) is 112 cm³/mol. The van der Waals surface area contributed by atoms with E-state index in [2.05, 4.69) is 4.90 Å². The van der Waals surface area contributed by atoms with Gasteiger partial charge >= 0.3 is 0 Å².